The number of hydrogen-bond donors (Lipinski definition) is 3. The highest BCUT2D eigenvalue weighted by molar-refractivity contribution is 6.00. The van der Waals surface area contributed by atoms with Crippen LogP contribution in [0.5, 0.6) is 0 Å². The van der Waals surface area contributed by atoms with E-state index in [1.165, 1.54) is 6.07 Å². The van der Waals surface area contributed by atoms with E-state index in [2.05, 4.69) is 26.0 Å². The van der Waals surface area contributed by atoms with Crippen LogP contribution in [0, 0.1) is 11.6 Å². The van der Waals surface area contributed by atoms with Gasteiger partial charge in [0.05, 0.1) is 5.69 Å². The summed E-state index contributed by atoms with van der Waals surface area (Å²) in [6.45, 7) is 4.54. The van der Waals surface area contributed by atoms with Crippen molar-refractivity contribution in [2.75, 3.05) is 10.3 Å². The van der Waals surface area contributed by atoms with Crippen LogP contribution in [-0.4, -0.2) is 33.9 Å². The minimum Gasteiger partial charge on any atom is -0.337 e. The molecule has 0 spiro atoms. The Morgan fingerprint density at radius 2 is 2.10 bits per heavy atom. The largest absolute Gasteiger partial charge is 0.337 e. The molecule has 0 saturated carbocycles. The Morgan fingerprint density at radius 3 is 2.86 bits per heavy atom. The van der Waals surface area contributed by atoms with Crippen molar-refractivity contribution in [1.29, 1.82) is 0 Å². The number of rotatable bonds is 3. The predicted octanol–water partition coefficient (Wildman–Crippen LogP) is 1.67. The predicted molar refractivity (Wildman–Crippen MR) is 101 cm³/mol. The smallest absolute Gasteiger partial charge is 0.289 e. The normalized spacial score (nSPS) is 18.2. The molecule has 0 unspecified atom stereocenters. The molecule has 3 heterocycles. The van der Waals surface area contributed by atoms with Gasteiger partial charge in [0.1, 0.15) is 17.7 Å². The highest BCUT2D eigenvalue weighted by atomic mass is 19.1. The Morgan fingerprint density at radius 1 is 1.31 bits per heavy atom. The van der Waals surface area contributed by atoms with E-state index in [1.807, 2.05) is 18.9 Å². The molecule has 4 rings (SSSR count). The zero-order valence-electron chi connectivity index (χ0n) is 15.9. The molecule has 1 aromatic heterocycles. The third kappa shape index (κ3) is 3.63. The van der Waals surface area contributed by atoms with Crippen molar-refractivity contribution in [2.24, 2.45) is 0 Å². The lowest BCUT2D eigenvalue weighted by Crippen LogP contribution is -2.44. The lowest BCUT2D eigenvalue weighted by Gasteiger charge is -2.22. The molecule has 29 heavy (non-hydrogen) atoms. The third-order valence-corrected chi connectivity index (χ3v) is 4.94. The first-order chi connectivity index (χ1) is 13.8. The number of amides is 2. The first kappa shape index (κ1) is 19.2. The molecule has 152 valence electrons. The number of aryl methyl sites for hydroxylation is 1. The molecule has 0 radical (unpaired) electrons. The van der Waals surface area contributed by atoms with Crippen LogP contribution >= 0.6 is 0 Å². The maximum Gasteiger partial charge on any atom is 0.289 e. The van der Waals surface area contributed by atoms with Gasteiger partial charge in [0, 0.05) is 30.4 Å². The number of carbonyl (C=O) groups excluding carboxylic acids is 2. The molecule has 3 N–H and O–H groups in total. The van der Waals surface area contributed by atoms with Crippen molar-refractivity contribution >= 4 is 23.3 Å². The zero-order valence-corrected chi connectivity index (χ0v) is 15.9. The molecular weight excluding hydrogens is 382 g/mol. The molecule has 2 aromatic rings. The zero-order chi connectivity index (χ0) is 20.7. The number of hydrogen-bond acceptors (Lipinski definition) is 6. The average Bonchev–Trinajstić information content (AvgIpc) is 3.03. The van der Waals surface area contributed by atoms with E-state index >= 15 is 0 Å². The number of halogens is 2. The Bertz CT molecular complexity index is 997. The molecule has 2 aliphatic rings. The topological polar surface area (TPSA) is 99.3 Å². The highest BCUT2D eigenvalue weighted by Crippen LogP contribution is 2.27. The van der Waals surface area contributed by atoms with Gasteiger partial charge in [-0.1, -0.05) is 0 Å². The van der Waals surface area contributed by atoms with Crippen molar-refractivity contribution < 1.29 is 18.4 Å². The summed E-state index contributed by atoms with van der Waals surface area (Å²) in [4.78, 5) is 33.5. The minimum absolute atomic E-state index is 0.0550. The maximum absolute atomic E-state index is 14.0. The van der Waals surface area contributed by atoms with E-state index in [4.69, 9.17) is 0 Å². The summed E-state index contributed by atoms with van der Waals surface area (Å²) in [6.07, 6.45) is 2.00. The monoisotopic (exact) mass is 402 g/mol. The summed E-state index contributed by atoms with van der Waals surface area (Å²) < 4.78 is 27.5. The highest BCUT2D eigenvalue weighted by Gasteiger charge is 2.30. The minimum atomic E-state index is -0.923. The molecule has 0 aliphatic carbocycles. The Hall–Kier alpha value is -3.14. The van der Waals surface area contributed by atoms with E-state index in [1.54, 1.807) is 6.20 Å². The van der Waals surface area contributed by atoms with Crippen molar-refractivity contribution in [3.05, 3.63) is 46.9 Å². The van der Waals surface area contributed by atoms with E-state index in [0.717, 1.165) is 5.56 Å². The Labute approximate surface area is 165 Å². The van der Waals surface area contributed by atoms with Crippen LogP contribution in [0.4, 0.5) is 20.3 Å². The summed E-state index contributed by atoms with van der Waals surface area (Å²) in [5, 5.41) is 6.88. The van der Waals surface area contributed by atoms with Crippen molar-refractivity contribution in [3.63, 3.8) is 0 Å². The number of nitrogens with zero attached hydrogens (tertiary/aromatic N) is 3. The summed E-state index contributed by atoms with van der Waals surface area (Å²) in [6, 6.07) is 1.10. The fraction of sp³-hybridized carbons (Fsp3) is 0.368. The molecule has 2 aliphatic heterocycles. The van der Waals surface area contributed by atoms with Crippen LogP contribution in [0.3, 0.4) is 0 Å². The summed E-state index contributed by atoms with van der Waals surface area (Å²) in [5.41, 5.74) is 4.34. The number of anilines is 2. The van der Waals surface area contributed by atoms with E-state index in [9.17, 15) is 18.4 Å². The Kier molecular flexibility index (Phi) is 4.87. The van der Waals surface area contributed by atoms with Crippen molar-refractivity contribution in [3.8, 4) is 0 Å². The maximum atomic E-state index is 14.0. The molecule has 0 bridgehead atoms. The Balaban J connectivity index is 1.52. The lowest BCUT2D eigenvalue weighted by molar-refractivity contribution is -0.118. The number of fused-ring (bicyclic) bond motifs is 2. The van der Waals surface area contributed by atoms with Gasteiger partial charge in [0.2, 0.25) is 11.7 Å². The van der Waals surface area contributed by atoms with Gasteiger partial charge in [-0.25, -0.2) is 24.2 Å². The standard InChI is InChI=1S/C19H20F2N6O2/c1-9(2)27-17-11(8-23-27)7-22-16(26-17)19(29)24-14-4-3-10-5-12(20)6-13(21)15(10)25-18(14)28/h5-7,9,14,23H,3-4,8H2,1-2H3,(H,24,29)(H,25,28)/t14-/m0/s1. The van der Waals surface area contributed by atoms with Crippen molar-refractivity contribution in [1.82, 2.24) is 20.7 Å². The lowest BCUT2D eigenvalue weighted by atomic mass is 10.1. The van der Waals surface area contributed by atoms with Crippen LogP contribution in [0.25, 0.3) is 0 Å². The van der Waals surface area contributed by atoms with Crippen LogP contribution in [-0.2, 0) is 17.8 Å². The molecule has 1 aromatic carbocycles. The van der Waals surface area contributed by atoms with Gasteiger partial charge >= 0.3 is 0 Å². The van der Waals surface area contributed by atoms with Crippen LogP contribution in [0.15, 0.2) is 18.3 Å². The van der Waals surface area contributed by atoms with Gasteiger partial charge in [-0.05, 0) is 38.3 Å². The van der Waals surface area contributed by atoms with Crippen molar-refractivity contribution in [2.45, 2.75) is 45.3 Å². The summed E-state index contributed by atoms with van der Waals surface area (Å²) in [5.74, 6) is -2.19. The molecule has 2 amide bonds. The fourth-order valence-corrected chi connectivity index (χ4v) is 3.48. The number of carbonyl (C=O) groups is 2. The van der Waals surface area contributed by atoms with Crippen LogP contribution < -0.4 is 21.1 Å². The molecule has 10 heteroatoms. The molecule has 8 nitrogen and oxygen atoms in total. The van der Waals surface area contributed by atoms with Gasteiger partial charge in [-0.15, -0.1) is 0 Å². The summed E-state index contributed by atoms with van der Waals surface area (Å²) in [7, 11) is 0. The molecular formula is C19H20F2N6O2. The number of aromatic nitrogens is 2. The number of benzene rings is 1. The second-order valence-corrected chi connectivity index (χ2v) is 7.32. The quantitative estimate of drug-likeness (QED) is 0.722. The van der Waals surface area contributed by atoms with Crippen LogP contribution in [0.1, 0.15) is 42.0 Å². The third-order valence-electron chi connectivity index (χ3n) is 4.94. The average molecular weight is 402 g/mol. The first-order valence-electron chi connectivity index (χ1n) is 9.31. The second kappa shape index (κ2) is 7.36. The molecule has 0 saturated heterocycles. The van der Waals surface area contributed by atoms with Gasteiger partial charge < -0.3 is 10.6 Å². The summed E-state index contributed by atoms with van der Waals surface area (Å²) >= 11 is 0. The number of nitrogens with one attached hydrogen (secondary N) is 3. The SMILES string of the molecule is CC(C)N1NCc2cnc(C(=O)N[C@H]3CCc4cc(F)cc(F)c4NC3=O)nc21. The van der Waals surface area contributed by atoms with E-state index < -0.39 is 29.5 Å². The van der Waals surface area contributed by atoms with E-state index in [-0.39, 0.29) is 30.4 Å². The second-order valence-electron chi connectivity index (χ2n) is 7.32. The van der Waals surface area contributed by atoms with Gasteiger partial charge in [-0.3, -0.25) is 14.6 Å². The first-order valence-corrected chi connectivity index (χ1v) is 9.31. The van der Waals surface area contributed by atoms with Gasteiger partial charge in [0.15, 0.2) is 5.82 Å². The van der Waals surface area contributed by atoms with E-state index in [0.29, 0.717) is 24.0 Å². The number of hydrazine groups is 1. The van der Waals surface area contributed by atoms with Gasteiger partial charge in [-0.2, -0.15) is 0 Å². The fourth-order valence-electron chi connectivity index (χ4n) is 3.48. The molecule has 0 fully saturated rings. The van der Waals surface area contributed by atoms with Crippen LogP contribution in [0.2, 0.25) is 0 Å². The molecule has 1 atom stereocenters. The van der Waals surface area contributed by atoms with Gasteiger partial charge in [0.25, 0.3) is 5.91 Å².